The molecule has 5 nitrogen and oxygen atoms in total. The SMILES string of the molecule is O=c1c2c(n3c(SCc4ccccc4)nnc3n1-c1ccccc1)-c1ccccc1CC21CCCC1. The predicted molar refractivity (Wildman–Crippen MR) is 144 cm³/mol. The van der Waals surface area contributed by atoms with E-state index >= 15 is 0 Å². The van der Waals surface area contributed by atoms with Crippen molar-refractivity contribution in [2.45, 2.75) is 48.4 Å². The van der Waals surface area contributed by atoms with E-state index in [1.54, 1.807) is 16.3 Å². The van der Waals surface area contributed by atoms with E-state index < -0.39 is 0 Å². The van der Waals surface area contributed by atoms with Gasteiger partial charge in [0, 0.05) is 22.3 Å². The maximum atomic E-state index is 14.5. The molecular weight excluding hydrogens is 464 g/mol. The summed E-state index contributed by atoms with van der Waals surface area (Å²) in [6.07, 6.45) is 5.31. The first-order valence-corrected chi connectivity index (χ1v) is 13.6. The number of hydrogen-bond acceptors (Lipinski definition) is 4. The van der Waals surface area contributed by atoms with Crippen LogP contribution < -0.4 is 5.56 Å². The molecule has 178 valence electrons. The lowest BCUT2D eigenvalue weighted by Crippen LogP contribution is -2.40. The van der Waals surface area contributed by atoms with Gasteiger partial charge in [-0.05, 0) is 42.5 Å². The fourth-order valence-electron chi connectivity index (χ4n) is 6.21. The quantitative estimate of drug-likeness (QED) is 0.281. The summed E-state index contributed by atoms with van der Waals surface area (Å²) in [4.78, 5) is 14.5. The third-order valence-corrected chi connectivity index (χ3v) is 8.81. The summed E-state index contributed by atoms with van der Waals surface area (Å²) < 4.78 is 3.95. The van der Waals surface area contributed by atoms with E-state index in [2.05, 4.69) is 63.1 Å². The van der Waals surface area contributed by atoms with Crippen molar-refractivity contribution in [2.75, 3.05) is 0 Å². The molecule has 0 bridgehead atoms. The third kappa shape index (κ3) is 3.28. The molecule has 0 amide bonds. The Hall–Kier alpha value is -3.64. The van der Waals surface area contributed by atoms with E-state index in [0.717, 1.165) is 65.5 Å². The summed E-state index contributed by atoms with van der Waals surface area (Å²) in [6, 6.07) is 28.9. The topological polar surface area (TPSA) is 52.2 Å². The molecule has 0 saturated heterocycles. The molecule has 2 aliphatic carbocycles. The monoisotopic (exact) mass is 490 g/mol. The van der Waals surface area contributed by atoms with Crippen LogP contribution in [-0.2, 0) is 17.6 Å². The van der Waals surface area contributed by atoms with Crippen molar-refractivity contribution in [3.8, 4) is 16.9 Å². The summed E-state index contributed by atoms with van der Waals surface area (Å²) in [6.45, 7) is 0. The van der Waals surface area contributed by atoms with Crippen molar-refractivity contribution in [3.05, 3.63) is 112 Å². The van der Waals surface area contributed by atoms with Crippen molar-refractivity contribution < 1.29 is 0 Å². The Kier molecular flexibility index (Phi) is 5.10. The van der Waals surface area contributed by atoms with Gasteiger partial charge in [0.25, 0.3) is 5.56 Å². The smallest absolute Gasteiger partial charge is 0.263 e. The highest BCUT2D eigenvalue weighted by atomic mass is 32.2. The van der Waals surface area contributed by atoms with E-state index in [0.29, 0.717) is 5.78 Å². The number of benzene rings is 3. The molecule has 2 aromatic heterocycles. The molecule has 7 rings (SSSR count). The predicted octanol–water partition coefficient (Wildman–Crippen LogP) is 6.21. The summed E-state index contributed by atoms with van der Waals surface area (Å²) >= 11 is 1.67. The zero-order valence-corrected chi connectivity index (χ0v) is 20.7. The Balaban J connectivity index is 1.55. The van der Waals surface area contributed by atoms with Gasteiger partial charge in [-0.3, -0.25) is 9.20 Å². The van der Waals surface area contributed by atoms with Crippen LogP contribution >= 0.6 is 11.8 Å². The Morgan fingerprint density at radius 2 is 1.53 bits per heavy atom. The molecule has 2 heterocycles. The lowest BCUT2D eigenvalue weighted by Gasteiger charge is -2.37. The van der Waals surface area contributed by atoms with Crippen molar-refractivity contribution in [1.29, 1.82) is 0 Å². The molecule has 1 saturated carbocycles. The van der Waals surface area contributed by atoms with Gasteiger partial charge in [-0.1, -0.05) is 97.4 Å². The minimum Gasteiger partial charge on any atom is -0.268 e. The molecule has 6 heteroatoms. The molecular formula is C30H26N4OS. The molecule has 1 spiro atoms. The van der Waals surface area contributed by atoms with Crippen molar-refractivity contribution in [2.24, 2.45) is 0 Å². The largest absolute Gasteiger partial charge is 0.268 e. The number of fused-ring (bicyclic) bond motifs is 6. The van der Waals surface area contributed by atoms with Crippen LogP contribution in [0.25, 0.3) is 22.7 Å². The first kappa shape index (κ1) is 21.6. The molecule has 36 heavy (non-hydrogen) atoms. The molecule has 0 radical (unpaired) electrons. The Morgan fingerprint density at radius 3 is 2.31 bits per heavy atom. The first-order chi connectivity index (χ1) is 17.8. The third-order valence-electron chi connectivity index (χ3n) is 7.81. The lowest BCUT2D eigenvalue weighted by molar-refractivity contribution is 0.424. The fourth-order valence-corrected chi connectivity index (χ4v) is 7.10. The van der Waals surface area contributed by atoms with Gasteiger partial charge in [-0.25, -0.2) is 4.57 Å². The zero-order chi connectivity index (χ0) is 24.1. The molecule has 0 atom stereocenters. The number of thioether (sulfide) groups is 1. The van der Waals surface area contributed by atoms with Gasteiger partial charge in [-0.2, -0.15) is 0 Å². The normalized spacial score (nSPS) is 15.8. The van der Waals surface area contributed by atoms with Crippen LogP contribution in [0, 0.1) is 0 Å². The Labute approximate surface area is 213 Å². The number of para-hydroxylation sites is 1. The van der Waals surface area contributed by atoms with Crippen LogP contribution in [0.3, 0.4) is 0 Å². The first-order valence-electron chi connectivity index (χ1n) is 12.6. The highest BCUT2D eigenvalue weighted by Gasteiger charge is 2.45. The van der Waals surface area contributed by atoms with Crippen molar-refractivity contribution in [1.82, 2.24) is 19.2 Å². The van der Waals surface area contributed by atoms with E-state index in [1.165, 1.54) is 11.1 Å². The van der Waals surface area contributed by atoms with Crippen LogP contribution in [0.4, 0.5) is 0 Å². The molecule has 2 aliphatic rings. The van der Waals surface area contributed by atoms with Gasteiger partial charge >= 0.3 is 0 Å². The molecule has 0 N–H and O–H groups in total. The zero-order valence-electron chi connectivity index (χ0n) is 19.9. The lowest BCUT2D eigenvalue weighted by atomic mass is 9.68. The maximum absolute atomic E-state index is 14.5. The Morgan fingerprint density at radius 1 is 0.833 bits per heavy atom. The fraction of sp³-hybridized carbons (Fsp3) is 0.233. The van der Waals surface area contributed by atoms with E-state index in [4.69, 9.17) is 0 Å². The number of aromatic nitrogens is 4. The van der Waals surface area contributed by atoms with Gasteiger partial charge in [0.1, 0.15) is 0 Å². The molecule has 3 aromatic carbocycles. The van der Waals surface area contributed by atoms with E-state index in [9.17, 15) is 4.79 Å². The minimum atomic E-state index is -0.142. The Bertz CT molecular complexity index is 1630. The second-order valence-electron chi connectivity index (χ2n) is 9.91. The van der Waals surface area contributed by atoms with Gasteiger partial charge < -0.3 is 0 Å². The van der Waals surface area contributed by atoms with E-state index in [-0.39, 0.29) is 11.0 Å². The number of nitrogens with zero attached hydrogens (tertiary/aromatic N) is 4. The van der Waals surface area contributed by atoms with Crippen LogP contribution in [0.15, 0.2) is 94.9 Å². The van der Waals surface area contributed by atoms with Gasteiger partial charge in [0.15, 0.2) is 5.16 Å². The summed E-state index contributed by atoms with van der Waals surface area (Å²) in [5.41, 5.74) is 6.35. The average molecular weight is 491 g/mol. The highest BCUT2D eigenvalue weighted by molar-refractivity contribution is 7.98. The highest BCUT2D eigenvalue weighted by Crippen LogP contribution is 2.50. The van der Waals surface area contributed by atoms with Crippen molar-refractivity contribution in [3.63, 3.8) is 0 Å². The summed E-state index contributed by atoms with van der Waals surface area (Å²) in [5, 5.41) is 10.1. The summed E-state index contributed by atoms with van der Waals surface area (Å²) in [7, 11) is 0. The van der Waals surface area contributed by atoms with Crippen LogP contribution in [-0.4, -0.2) is 19.2 Å². The van der Waals surface area contributed by atoms with Gasteiger partial charge in [-0.15, -0.1) is 10.2 Å². The van der Waals surface area contributed by atoms with Gasteiger partial charge in [0.2, 0.25) is 5.78 Å². The molecule has 5 aromatic rings. The van der Waals surface area contributed by atoms with Crippen LogP contribution in [0.2, 0.25) is 0 Å². The minimum absolute atomic E-state index is 0.0483. The average Bonchev–Trinajstić information content (AvgIpc) is 3.56. The number of rotatable bonds is 4. The van der Waals surface area contributed by atoms with Crippen molar-refractivity contribution >= 4 is 17.5 Å². The second-order valence-corrected chi connectivity index (χ2v) is 10.9. The van der Waals surface area contributed by atoms with Crippen LogP contribution in [0.1, 0.15) is 42.4 Å². The van der Waals surface area contributed by atoms with Gasteiger partial charge in [0.05, 0.1) is 11.4 Å². The molecule has 0 aliphatic heterocycles. The molecule has 1 fully saturated rings. The second kappa shape index (κ2) is 8.49. The number of hydrogen-bond donors (Lipinski definition) is 0. The van der Waals surface area contributed by atoms with Crippen LogP contribution in [0.5, 0.6) is 0 Å². The van der Waals surface area contributed by atoms with E-state index in [1.807, 2.05) is 36.4 Å². The standard InChI is InChI=1S/C30H26N4OS/c35-27-25-26(24-16-8-7-13-22(24)19-30(25)17-9-10-18-30)34-28(33(27)23-14-5-2-6-15-23)31-32-29(34)36-20-21-11-3-1-4-12-21/h1-8,11-16H,9-10,17-20H2. The summed E-state index contributed by atoms with van der Waals surface area (Å²) in [5.74, 6) is 1.36. The maximum Gasteiger partial charge on any atom is 0.263 e. The molecule has 0 unspecified atom stereocenters.